The fraction of sp³-hybridized carbons (Fsp3) is 0.450. The second-order valence-electron chi connectivity index (χ2n) is 7.36. The molecule has 2 aromatic rings. The molecule has 1 aromatic heterocycles. The lowest BCUT2D eigenvalue weighted by atomic mass is 10.1. The van der Waals surface area contributed by atoms with Crippen LogP contribution in [0.2, 0.25) is 0 Å². The van der Waals surface area contributed by atoms with Crippen LogP contribution in [0.4, 0.5) is 5.13 Å². The van der Waals surface area contributed by atoms with Crippen LogP contribution in [0, 0.1) is 0 Å². The highest BCUT2D eigenvalue weighted by atomic mass is 32.2. The standard InChI is InChI=1S/C20H23N3O6S2/c24-9-7-15-11-21-20(30-15)22-19(25)18(23-29-14-8-10-28-12-14)13-1-3-16(4-2-13)31(26,27)17-5-6-17/h1-4,11,14,17,24H,5-10,12H2,(H,21,22,25)/b23-18+/t14-/m1/s1. The highest BCUT2D eigenvalue weighted by Crippen LogP contribution is 2.33. The minimum absolute atomic E-state index is 0.00426. The summed E-state index contributed by atoms with van der Waals surface area (Å²) in [7, 11) is -3.32. The molecule has 9 nitrogen and oxygen atoms in total. The van der Waals surface area contributed by atoms with Gasteiger partial charge in [0.25, 0.3) is 5.91 Å². The Balaban J connectivity index is 1.55. The largest absolute Gasteiger partial charge is 0.396 e. The van der Waals surface area contributed by atoms with E-state index in [0.717, 1.165) is 4.88 Å². The molecular weight excluding hydrogens is 442 g/mol. The summed E-state index contributed by atoms with van der Waals surface area (Å²) in [5, 5.41) is 15.9. The number of carbonyl (C=O) groups is 1. The normalized spacial score (nSPS) is 19.4. The van der Waals surface area contributed by atoms with Gasteiger partial charge in [-0.05, 0) is 25.0 Å². The Morgan fingerprint density at radius 3 is 2.71 bits per heavy atom. The number of carbonyl (C=O) groups excluding carboxylic acids is 1. The van der Waals surface area contributed by atoms with Crippen LogP contribution in [-0.2, 0) is 30.6 Å². The lowest BCUT2D eigenvalue weighted by Gasteiger charge is -2.10. The number of hydrogen-bond acceptors (Lipinski definition) is 9. The van der Waals surface area contributed by atoms with E-state index in [9.17, 15) is 13.2 Å². The molecular formula is C20H23N3O6S2. The van der Waals surface area contributed by atoms with Gasteiger partial charge in [-0.1, -0.05) is 17.3 Å². The number of nitrogens with zero attached hydrogens (tertiary/aromatic N) is 2. The number of rotatable bonds is 9. The van der Waals surface area contributed by atoms with Gasteiger partial charge >= 0.3 is 0 Å². The zero-order valence-electron chi connectivity index (χ0n) is 16.7. The fourth-order valence-corrected chi connectivity index (χ4v) is 5.52. The maximum Gasteiger partial charge on any atom is 0.280 e. The van der Waals surface area contributed by atoms with Crippen LogP contribution in [0.15, 0.2) is 40.5 Å². The molecule has 2 heterocycles. The van der Waals surface area contributed by atoms with Crippen molar-refractivity contribution in [2.75, 3.05) is 25.1 Å². The Bertz CT molecular complexity index is 1050. The molecule has 11 heteroatoms. The van der Waals surface area contributed by atoms with Crippen molar-refractivity contribution in [3.8, 4) is 0 Å². The van der Waals surface area contributed by atoms with Gasteiger partial charge in [0.1, 0.15) is 0 Å². The quantitative estimate of drug-likeness (QED) is 0.427. The van der Waals surface area contributed by atoms with E-state index in [2.05, 4.69) is 15.5 Å². The minimum Gasteiger partial charge on any atom is -0.396 e. The topological polar surface area (TPSA) is 127 Å². The number of anilines is 1. The second kappa shape index (κ2) is 9.43. The smallest absolute Gasteiger partial charge is 0.280 e. The molecule has 1 aliphatic carbocycles. The van der Waals surface area contributed by atoms with Crippen molar-refractivity contribution in [2.45, 2.75) is 41.9 Å². The first kappa shape index (κ1) is 21.9. The Hall–Kier alpha value is -2.34. The molecule has 0 spiro atoms. The van der Waals surface area contributed by atoms with Crippen LogP contribution in [0.3, 0.4) is 0 Å². The number of nitrogens with one attached hydrogen (secondary N) is 1. The van der Waals surface area contributed by atoms with Gasteiger partial charge < -0.3 is 14.7 Å². The second-order valence-corrected chi connectivity index (χ2v) is 10.7. The zero-order chi connectivity index (χ0) is 21.8. The van der Waals surface area contributed by atoms with E-state index in [0.29, 0.717) is 49.6 Å². The van der Waals surface area contributed by atoms with Gasteiger partial charge in [0.05, 0.1) is 23.4 Å². The molecule has 1 atom stereocenters. The molecule has 1 aromatic carbocycles. The van der Waals surface area contributed by atoms with Gasteiger partial charge in [-0.25, -0.2) is 13.4 Å². The summed E-state index contributed by atoms with van der Waals surface area (Å²) in [5.41, 5.74) is 0.444. The average molecular weight is 466 g/mol. The van der Waals surface area contributed by atoms with E-state index in [1.54, 1.807) is 18.3 Å². The van der Waals surface area contributed by atoms with Gasteiger partial charge in [0.15, 0.2) is 26.8 Å². The van der Waals surface area contributed by atoms with Crippen molar-refractivity contribution in [3.05, 3.63) is 40.9 Å². The summed E-state index contributed by atoms with van der Waals surface area (Å²) in [6.07, 6.45) is 3.85. The van der Waals surface area contributed by atoms with Gasteiger partial charge in [-0.2, -0.15) is 0 Å². The highest BCUT2D eigenvalue weighted by molar-refractivity contribution is 7.92. The number of ether oxygens (including phenoxy) is 1. The van der Waals surface area contributed by atoms with Gasteiger partial charge in [0, 0.05) is 36.1 Å². The third-order valence-corrected chi connectivity index (χ3v) is 8.20. The van der Waals surface area contributed by atoms with Crippen LogP contribution in [-0.4, -0.2) is 61.3 Å². The van der Waals surface area contributed by atoms with E-state index in [4.69, 9.17) is 14.7 Å². The molecule has 1 amide bonds. The van der Waals surface area contributed by atoms with Crippen molar-refractivity contribution in [2.24, 2.45) is 5.16 Å². The van der Waals surface area contributed by atoms with E-state index >= 15 is 0 Å². The molecule has 4 rings (SSSR count). The lowest BCUT2D eigenvalue weighted by Crippen LogP contribution is -2.25. The molecule has 0 unspecified atom stereocenters. The number of oxime groups is 1. The Labute approximate surface area is 184 Å². The number of aliphatic hydroxyl groups is 1. The van der Waals surface area contributed by atoms with E-state index in [-0.39, 0.29) is 28.6 Å². The number of amides is 1. The SMILES string of the molecule is O=C(Nc1ncc(CCO)s1)/C(=N/O[C@@H]1CCOC1)c1ccc(S(=O)(=O)C2CC2)cc1. The molecule has 2 N–H and O–H groups in total. The lowest BCUT2D eigenvalue weighted by molar-refractivity contribution is -0.110. The molecule has 1 saturated carbocycles. The first-order valence-electron chi connectivity index (χ1n) is 10.00. The van der Waals surface area contributed by atoms with Crippen LogP contribution >= 0.6 is 11.3 Å². The van der Waals surface area contributed by atoms with Crippen LogP contribution in [0.5, 0.6) is 0 Å². The zero-order valence-corrected chi connectivity index (χ0v) is 18.3. The van der Waals surface area contributed by atoms with Gasteiger partial charge in [-0.3, -0.25) is 10.1 Å². The molecule has 1 aliphatic heterocycles. The van der Waals surface area contributed by atoms with Crippen LogP contribution in [0.1, 0.15) is 29.7 Å². The average Bonchev–Trinajstić information content (AvgIpc) is 3.34. The molecule has 1 saturated heterocycles. The Morgan fingerprint density at radius 1 is 1.29 bits per heavy atom. The number of thiazole rings is 1. The summed E-state index contributed by atoms with van der Waals surface area (Å²) >= 11 is 1.26. The van der Waals surface area contributed by atoms with Crippen molar-refractivity contribution in [1.82, 2.24) is 4.98 Å². The summed E-state index contributed by atoms with van der Waals surface area (Å²) < 4.78 is 30.1. The summed E-state index contributed by atoms with van der Waals surface area (Å²) in [6.45, 7) is 0.964. The van der Waals surface area contributed by atoms with E-state index in [1.807, 2.05) is 0 Å². The van der Waals surface area contributed by atoms with Crippen molar-refractivity contribution >= 4 is 37.9 Å². The van der Waals surface area contributed by atoms with Gasteiger partial charge in [-0.15, -0.1) is 11.3 Å². The minimum atomic E-state index is -3.32. The first-order chi connectivity index (χ1) is 15.0. The number of hydrogen-bond donors (Lipinski definition) is 2. The predicted octanol–water partition coefficient (Wildman–Crippen LogP) is 1.76. The van der Waals surface area contributed by atoms with Crippen LogP contribution < -0.4 is 5.32 Å². The van der Waals surface area contributed by atoms with Crippen molar-refractivity contribution in [3.63, 3.8) is 0 Å². The van der Waals surface area contributed by atoms with Crippen molar-refractivity contribution in [1.29, 1.82) is 0 Å². The van der Waals surface area contributed by atoms with E-state index < -0.39 is 15.7 Å². The predicted molar refractivity (Wildman–Crippen MR) is 115 cm³/mol. The van der Waals surface area contributed by atoms with Gasteiger partial charge in [0.2, 0.25) is 0 Å². The molecule has 2 fully saturated rings. The maximum absolute atomic E-state index is 12.9. The number of benzene rings is 1. The Kier molecular flexibility index (Phi) is 6.65. The van der Waals surface area contributed by atoms with E-state index in [1.165, 1.54) is 23.5 Å². The Morgan fingerprint density at radius 2 is 2.06 bits per heavy atom. The molecule has 31 heavy (non-hydrogen) atoms. The van der Waals surface area contributed by atoms with Crippen molar-refractivity contribution < 1.29 is 27.9 Å². The molecule has 0 radical (unpaired) electrons. The third kappa shape index (κ3) is 5.29. The first-order valence-corrected chi connectivity index (χ1v) is 12.4. The molecule has 2 aliphatic rings. The summed E-state index contributed by atoms with van der Waals surface area (Å²) in [5.74, 6) is -0.526. The maximum atomic E-state index is 12.9. The number of sulfone groups is 1. The fourth-order valence-electron chi connectivity index (χ4n) is 3.07. The van der Waals surface area contributed by atoms with Crippen LogP contribution in [0.25, 0.3) is 0 Å². The summed E-state index contributed by atoms with van der Waals surface area (Å²) in [6, 6.07) is 6.10. The number of aliphatic hydroxyl groups excluding tert-OH is 1. The molecule has 166 valence electrons. The number of aromatic nitrogens is 1. The highest BCUT2D eigenvalue weighted by Gasteiger charge is 2.36. The summed E-state index contributed by atoms with van der Waals surface area (Å²) in [4.78, 5) is 23.6. The molecule has 0 bridgehead atoms. The third-order valence-electron chi connectivity index (χ3n) is 4.95. The monoisotopic (exact) mass is 465 g/mol.